The molecule has 2 N–H and O–H groups in total. The minimum absolute atomic E-state index is 0.0698. The van der Waals surface area contributed by atoms with Gasteiger partial charge in [-0.05, 0) is 11.6 Å². The number of aromatic amines is 1. The van der Waals surface area contributed by atoms with Gasteiger partial charge >= 0.3 is 5.97 Å². The average molecular weight is 273 g/mol. The van der Waals surface area contributed by atoms with Gasteiger partial charge in [0.15, 0.2) is 0 Å². The predicted molar refractivity (Wildman–Crippen MR) is 71.9 cm³/mol. The van der Waals surface area contributed by atoms with E-state index in [0.29, 0.717) is 5.69 Å². The molecule has 6 nitrogen and oxygen atoms in total. The van der Waals surface area contributed by atoms with Crippen LogP contribution >= 0.6 is 0 Å². The first kappa shape index (κ1) is 13.8. The zero-order valence-corrected chi connectivity index (χ0v) is 11.0. The summed E-state index contributed by atoms with van der Waals surface area (Å²) in [6.07, 6.45) is 1.56. The van der Waals surface area contributed by atoms with Crippen LogP contribution in [0.5, 0.6) is 0 Å². The molecule has 1 atom stereocenters. The minimum atomic E-state index is -0.445. The molecule has 0 aliphatic heterocycles. The number of carbonyl (C=O) groups is 2. The van der Waals surface area contributed by atoms with E-state index < -0.39 is 6.04 Å². The Kier molecular flexibility index (Phi) is 4.49. The lowest BCUT2D eigenvalue weighted by Gasteiger charge is -2.17. The number of hydrogen-bond donors (Lipinski definition) is 2. The number of aromatic nitrogens is 2. The predicted octanol–water partition coefficient (Wildman–Crippen LogP) is 1.44. The Morgan fingerprint density at radius 2 is 2.05 bits per heavy atom. The lowest BCUT2D eigenvalue weighted by molar-refractivity contribution is -0.141. The highest BCUT2D eigenvalue weighted by Gasteiger charge is 2.19. The van der Waals surface area contributed by atoms with Gasteiger partial charge in [0.25, 0.3) is 5.91 Å². The number of nitrogens with one attached hydrogen (secondary N) is 2. The van der Waals surface area contributed by atoms with Crippen LogP contribution in [-0.4, -0.2) is 29.2 Å². The van der Waals surface area contributed by atoms with E-state index in [1.54, 1.807) is 6.07 Å². The molecule has 2 aromatic rings. The van der Waals surface area contributed by atoms with E-state index in [9.17, 15) is 9.59 Å². The standard InChI is InChI=1S/C14H15N3O3/c1-20-13(18)9-12(10-5-3-2-4-6-10)16-14(19)11-7-8-15-17-11/h2-8,12H,9H2,1H3,(H,15,17)(H,16,19)/t12-/m1/s1. The van der Waals surface area contributed by atoms with Crippen molar-refractivity contribution in [2.24, 2.45) is 0 Å². The molecule has 1 heterocycles. The normalized spacial score (nSPS) is 11.7. The van der Waals surface area contributed by atoms with Crippen molar-refractivity contribution in [1.29, 1.82) is 0 Å². The average Bonchev–Trinajstić information content (AvgIpc) is 3.01. The number of carbonyl (C=O) groups excluding carboxylic acids is 2. The van der Waals surface area contributed by atoms with Crippen LogP contribution in [0.4, 0.5) is 0 Å². The first-order chi connectivity index (χ1) is 9.70. The van der Waals surface area contributed by atoms with Crippen molar-refractivity contribution in [3.05, 3.63) is 53.9 Å². The van der Waals surface area contributed by atoms with Crippen LogP contribution < -0.4 is 5.32 Å². The molecular weight excluding hydrogens is 258 g/mol. The molecule has 0 spiro atoms. The summed E-state index contributed by atoms with van der Waals surface area (Å²) in [4.78, 5) is 23.5. The highest BCUT2D eigenvalue weighted by atomic mass is 16.5. The largest absolute Gasteiger partial charge is 0.469 e. The molecule has 1 aromatic carbocycles. The van der Waals surface area contributed by atoms with Crippen LogP contribution in [0.15, 0.2) is 42.6 Å². The van der Waals surface area contributed by atoms with Gasteiger partial charge in [-0.25, -0.2) is 0 Å². The minimum Gasteiger partial charge on any atom is -0.469 e. The summed E-state index contributed by atoms with van der Waals surface area (Å²) in [5.74, 6) is -0.705. The van der Waals surface area contributed by atoms with Crippen molar-refractivity contribution in [3.8, 4) is 0 Å². The van der Waals surface area contributed by atoms with E-state index >= 15 is 0 Å². The van der Waals surface area contributed by atoms with Crippen LogP contribution in [0.2, 0.25) is 0 Å². The quantitative estimate of drug-likeness (QED) is 0.807. The van der Waals surface area contributed by atoms with Crippen LogP contribution in [0, 0.1) is 0 Å². The number of amides is 1. The van der Waals surface area contributed by atoms with Crippen molar-refractivity contribution in [1.82, 2.24) is 15.5 Å². The van der Waals surface area contributed by atoms with E-state index in [-0.39, 0.29) is 18.3 Å². The van der Waals surface area contributed by atoms with Gasteiger partial charge in [0, 0.05) is 6.20 Å². The molecule has 20 heavy (non-hydrogen) atoms. The van der Waals surface area contributed by atoms with Gasteiger partial charge in [-0.15, -0.1) is 0 Å². The maximum atomic E-state index is 12.0. The Balaban J connectivity index is 2.14. The SMILES string of the molecule is COC(=O)C[C@@H](NC(=O)c1ccn[nH]1)c1ccccc1. The lowest BCUT2D eigenvalue weighted by Crippen LogP contribution is -2.30. The summed E-state index contributed by atoms with van der Waals surface area (Å²) in [6.45, 7) is 0. The second-order valence-electron chi connectivity index (χ2n) is 4.19. The van der Waals surface area contributed by atoms with Crippen molar-refractivity contribution in [2.45, 2.75) is 12.5 Å². The highest BCUT2D eigenvalue weighted by Crippen LogP contribution is 2.17. The molecule has 0 aliphatic carbocycles. The molecule has 2 rings (SSSR count). The third-order valence-electron chi connectivity index (χ3n) is 2.85. The Morgan fingerprint density at radius 3 is 2.65 bits per heavy atom. The first-order valence-corrected chi connectivity index (χ1v) is 6.12. The van der Waals surface area contributed by atoms with Gasteiger partial charge in [-0.3, -0.25) is 14.7 Å². The van der Waals surface area contributed by atoms with Gasteiger partial charge < -0.3 is 10.1 Å². The van der Waals surface area contributed by atoms with Crippen LogP contribution in [0.1, 0.15) is 28.5 Å². The van der Waals surface area contributed by atoms with Gasteiger partial charge in [0.05, 0.1) is 19.6 Å². The molecule has 104 valence electrons. The second kappa shape index (κ2) is 6.51. The first-order valence-electron chi connectivity index (χ1n) is 6.12. The fourth-order valence-corrected chi connectivity index (χ4v) is 1.81. The number of ether oxygens (including phenoxy) is 1. The summed E-state index contributed by atoms with van der Waals surface area (Å²) in [6, 6.07) is 10.4. The lowest BCUT2D eigenvalue weighted by atomic mass is 10.0. The molecule has 0 saturated heterocycles. The topological polar surface area (TPSA) is 84.1 Å². The van der Waals surface area contributed by atoms with Gasteiger partial charge in [0.1, 0.15) is 5.69 Å². The number of hydrogen-bond acceptors (Lipinski definition) is 4. The molecule has 0 radical (unpaired) electrons. The van der Waals surface area contributed by atoms with Crippen LogP contribution in [0.25, 0.3) is 0 Å². The Labute approximate surface area is 116 Å². The second-order valence-corrected chi connectivity index (χ2v) is 4.19. The molecule has 0 aliphatic rings. The van der Waals surface area contributed by atoms with E-state index in [1.807, 2.05) is 30.3 Å². The number of benzene rings is 1. The summed E-state index contributed by atoms with van der Waals surface area (Å²) in [7, 11) is 1.32. The van der Waals surface area contributed by atoms with Crippen molar-refractivity contribution in [2.75, 3.05) is 7.11 Å². The molecule has 0 unspecified atom stereocenters. The van der Waals surface area contributed by atoms with E-state index in [1.165, 1.54) is 13.3 Å². The molecule has 6 heteroatoms. The molecule has 1 amide bonds. The Hall–Kier alpha value is -2.63. The zero-order chi connectivity index (χ0) is 14.4. The molecular formula is C14H15N3O3. The number of nitrogens with zero attached hydrogens (tertiary/aromatic N) is 1. The van der Waals surface area contributed by atoms with E-state index in [2.05, 4.69) is 20.3 Å². The number of esters is 1. The Morgan fingerprint density at radius 1 is 1.30 bits per heavy atom. The fourth-order valence-electron chi connectivity index (χ4n) is 1.81. The Bertz CT molecular complexity index is 567. The van der Waals surface area contributed by atoms with Crippen molar-refractivity contribution in [3.63, 3.8) is 0 Å². The van der Waals surface area contributed by atoms with Crippen LogP contribution in [0.3, 0.4) is 0 Å². The highest BCUT2D eigenvalue weighted by molar-refractivity contribution is 5.92. The maximum Gasteiger partial charge on any atom is 0.307 e. The van der Waals surface area contributed by atoms with Gasteiger partial charge in [-0.2, -0.15) is 5.10 Å². The third kappa shape index (κ3) is 3.44. The smallest absolute Gasteiger partial charge is 0.307 e. The molecule has 0 bridgehead atoms. The zero-order valence-electron chi connectivity index (χ0n) is 11.0. The van der Waals surface area contributed by atoms with E-state index in [4.69, 9.17) is 0 Å². The summed E-state index contributed by atoms with van der Waals surface area (Å²) in [5.41, 5.74) is 1.18. The molecule has 0 fully saturated rings. The van der Waals surface area contributed by atoms with Crippen LogP contribution in [-0.2, 0) is 9.53 Å². The number of rotatable bonds is 5. The fraction of sp³-hybridized carbons (Fsp3) is 0.214. The molecule has 0 saturated carbocycles. The third-order valence-corrected chi connectivity index (χ3v) is 2.85. The molecule has 1 aromatic heterocycles. The van der Waals surface area contributed by atoms with E-state index in [0.717, 1.165) is 5.56 Å². The van der Waals surface area contributed by atoms with Gasteiger partial charge in [0.2, 0.25) is 0 Å². The maximum absolute atomic E-state index is 12.0. The summed E-state index contributed by atoms with van der Waals surface area (Å²) < 4.78 is 4.66. The van der Waals surface area contributed by atoms with Crippen molar-refractivity contribution < 1.29 is 14.3 Å². The van der Waals surface area contributed by atoms with Gasteiger partial charge in [-0.1, -0.05) is 30.3 Å². The summed E-state index contributed by atoms with van der Waals surface area (Å²) >= 11 is 0. The monoisotopic (exact) mass is 273 g/mol. The summed E-state index contributed by atoms with van der Waals surface area (Å²) in [5, 5.41) is 9.10. The number of H-pyrrole nitrogens is 1. The number of methoxy groups -OCH3 is 1. The van der Waals surface area contributed by atoms with Crippen molar-refractivity contribution >= 4 is 11.9 Å².